The van der Waals surface area contributed by atoms with E-state index in [1.54, 1.807) is 42.2 Å². The molecule has 4 rings (SSSR count). The molecule has 36 heavy (non-hydrogen) atoms. The minimum Gasteiger partial charge on any atom is -0.492 e. The smallest absolute Gasteiger partial charge is 0.336 e. The highest BCUT2D eigenvalue weighted by Crippen LogP contribution is 2.31. The summed E-state index contributed by atoms with van der Waals surface area (Å²) in [6.07, 6.45) is 4.39. The Kier molecular flexibility index (Phi) is 8.05. The molecule has 7 nitrogen and oxygen atoms in total. The molecule has 0 unspecified atom stereocenters. The van der Waals surface area contributed by atoms with E-state index in [-0.39, 0.29) is 5.82 Å². The quantitative estimate of drug-likeness (QED) is 0.140. The van der Waals surface area contributed by atoms with Gasteiger partial charge in [-0.3, -0.25) is 4.99 Å². The van der Waals surface area contributed by atoms with Crippen molar-refractivity contribution in [2.45, 2.75) is 33.1 Å². The van der Waals surface area contributed by atoms with E-state index < -0.39 is 5.63 Å². The number of aromatic nitrogens is 2. The fraction of sp³-hybridized carbons (Fsp3) is 0.296. The van der Waals surface area contributed by atoms with Gasteiger partial charge in [0.2, 0.25) is 5.88 Å². The van der Waals surface area contributed by atoms with Gasteiger partial charge in [0.05, 0.1) is 22.9 Å². The zero-order chi connectivity index (χ0) is 25.7. The third-order valence-corrected chi connectivity index (χ3v) is 5.95. The van der Waals surface area contributed by atoms with Crippen LogP contribution >= 0.6 is 11.6 Å². The van der Waals surface area contributed by atoms with Crippen LogP contribution in [0.3, 0.4) is 0 Å². The summed E-state index contributed by atoms with van der Waals surface area (Å²) in [6, 6.07) is 10.7. The molecule has 0 aliphatic rings. The highest BCUT2D eigenvalue weighted by molar-refractivity contribution is 6.32. The van der Waals surface area contributed by atoms with Crippen molar-refractivity contribution in [3.8, 4) is 17.4 Å². The Bertz CT molecular complexity index is 1440. The van der Waals surface area contributed by atoms with Gasteiger partial charge in [0.25, 0.3) is 0 Å². The maximum atomic E-state index is 13.2. The van der Waals surface area contributed by atoms with Crippen molar-refractivity contribution in [1.29, 1.82) is 0 Å². The van der Waals surface area contributed by atoms with Gasteiger partial charge < -0.3 is 13.9 Å². The van der Waals surface area contributed by atoms with Crippen LogP contribution in [-0.2, 0) is 7.05 Å². The Morgan fingerprint density at radius 3 is 2.69 bits per heavy atom. The Morgan fingerprint density at radius 1 is 1.14 bits per heavy atom. The van der Waals surface area contributed by atoms with Crippen molar-refractivity contribution < 1.29 is 18.3 Å². The van der Waals surface area contributed by atoms with Gasteiger partial charge in [0.15, 0.2) is 0 Å². The van der Waals surface area contributed by atoms with Crippen molar-refractivity contribution in [2.24, 2.45) is 12.0 Å². The number of nitrogens with zero attached hydrogens (tertiary/aromatic N) is 3. The summed E-state index contributed by atoms with van der Waals surface area (Å²) < 4.78 is 31.8. The number of fused-ring (bicyclic) bond motifs is 1. The van der Waals surface area contributed by atoms with Crippen LogP contribution in [0.15, 0.2) is 56.7 Å². The van der Waals surface area contributed by atoms with E-state index in [0.717, 1.165) is 41.5 Å². The second-order valence-electron chi connectivity index (χ2n) is 8.46. The standard InChI is InChI=1S/C27H27ClFN3O4/c1-17-13-26(33)36-24-15-25(23(28)14-21(17)24)34-12-6-4-5-11-30-16-22-18(2)31-32(3)27(22)35-20-9-7-19(29)8-10-20/h7-10,13-16H,4-6,11-12H2,1-3H3. The number of aliphatic imine (C=N–C) groups is 1. The first kappa shape index (κ1) is 25.4. The average molecular weight is 512 g/mol. The van der Waals surface area contributed by atoms with Gasteiger partial charge in [-0.1, -0.05) is 11.6 Å². The van der Waals surface area contributed by atoms with Gasteiger partial charge in [-0.15, -0.1) is 0 Å². The molecule has 0 saturated carbocycles. The molecule has 4 aromatic rings. The molecule has 0 radical (unpaired) electrons. The lowest BCUT2D eigenvalue weighted by Crippen LogP contribution is -2.01. The molecule has 0 atom stereocenters. The predicted octanol–water partition coefficient (Wildman–Crippen LogP) is 6.40. The fourth-order valence-electron chi connectivity index (χ4n) is 3.79. The first-order valence-electron chi connectivity index (χ1n) is 11.7. The second-order valence-corrected chi connectivity index (χ2v) is 8.86. The van der Waals surface area contributed by atoms with E-state index in [0.29, 0.717) is 41.1 Å². The molecule has 2 aromatic heterocycles. The number of hydrogen-bond acceptors (Lipinski definition) is 6. The highest BCUT2D eigenvalue weighted by atomic mass is 35.5. The Hall–Kier alpha value is -3.65. The van der Waals surface area contributed by atoms with Crippen LogP contribution < -0.4 is 15.1 Å². The summed E-state index contributed by atoms with van der Waals surface area (Å²) in [5.41, 5.74) is 2.46. The Balaban J connectivity index is 1.26. The van der Waals surface area contributed by atoms with Crippen molar-refractivity contribution in [2.75, 3.05) is 13.2 Å². The van der Waals surface area contributed by atoms with Crippen LogP contribution in [0.4, 0.5) is 4.39 Å². The first-order valence-corrected chi connectivity index (χ1v) is 12.0. The monoisotopic (exact) mass is 511 g/mol. The SMILES string of the molecule is Cc1nn(C)c(Oc2ccc(F)cc2)c1C=NCCCCCOc1cc2oc(=O)cc(C)c2cc1Cl. The third kappa shape index (κ3) is 6.12. The highest BCUT2D eigenvalue weighted by Gasteiger charge is 2.14. The van der Waals surface area contributed by atoms with Crippen LogP contribution in [0.5, 0.6) is 17.4 Å². The van der Waals surface area contributed by atoms with Gasteiger partial charge in [-0.25, -0.2) is 13.9 Å². The van der Waals surface area contributed by atoms with Crippen molar-refractivity contribution in [3.63, 3.8) is 0 Å². The molecule has 2 aromatic carbocycles. The molecular weight excluding hydrogens is 485 g/mol. The van der Waals surface area contributed by atoms with Gasteiger partial charge in [-0.05, 0) is 69.0 Å². The van der Waals surface area contributed by atoms with E-state index >= 15 is 0 Å². The maximum Gasteiger partial charge on any atom is 0.336 e. The van der Waals surface area contributed by atoms with E-state index in [4.69, 9.17) is 25.5 Å². The minimum absolute atomic E-state index is 0.320. The summed E-state index contributed by atoms with van der Waals surface area (Å²) in [5, 5.41) is 5.68. The number of ether oxygens (including phenoxy) is 2. The number of aryl methyl sites for hydroxylation is 3. The molecular formula is C27H27ClFN3O4. The lowest BCUT2D eigenvalue weighted by molar-refractivity contribution is 0.306. The summed E-state index contributed by atoms with van der Waals surface area (Å²) in [6.45, 7) is 4.86. The van der Waals surface area contributed by atoms with Gasteiger partial charge in [0, 0.05) is 37.3 Å². The maximum absolute atomic E-state index is 13.2. The second kappa shape index (κ2) is 11.4. The molecule has 0 fully saturated rings. The fourth-order valence-corrected chi connectivity index (χ4v) is 4.01. The largest absolute Gasteiger partial charge is 0.492 e. The number of unbranched alkanes of at least 4 members (excludes halogenated alkanes) is 2. The van der Waals surface area contributed by atoms with Crippen LogP contribution in [0, 0.1) is 19.7 Å². The molecule has 0 spiro atoms. The Labute approximate surface area is 213 Å². The van der Waals surface area contributed by atoms with Crippen molar-refractivity contribution >= 4 is 28.8 Å². The van der Waals surface area contributed by atoms with E-state index in [2.05, 4.69) is 10.1 Å². The molecule has 0 aliphatic heterocycles. The third-order valence-electron chi connectivity index (χ3n) is 5.66. The van der Waals surface area contributed by atoms with E-state index in [1.165, 1.54) is 18.2 Å². The van der Waals surface area contributed by atoms with Crippen LogP contribution in [0.1, 0.15) is 36.1 Å². The molecule has 9 heteroatoms. The van der Waals surface area contributed by atoms with Gasteiger partial charge in [0.1, 0.15) is 22.9 Å². The minimum atomic E-state index is -0.399. The first-order chi connectivity index (χ1) is 17.3. The zero-order valence-corrected chi connectivity index (χ0v) is 21.1. The lowest BCUT2D eigenvalue weighted by Gasteiger charge is -2.09. The normalized spacial score (nSPS) is 11.5. The van der Waals surface area contributed by atoms with Crippen LogP contribution in [-0.4, -0.2) is 29.1 Å². The number of rotatable bonds is 10. The molecule has 0 saturated heterocycles. The number of halogens is 2. The van der Waals surface area contributed by atoms with Gasteiger partial charge >= 0.3 is 5.63 Å². The molecule has 0 bridgehead atoms. The van der Waals surface area contributed by atoms with E-state index in [9.17, 15) is 9.18 Å². The van der Waals surface area contributed by atoms with Crippen molar-refractivity contribution in [1.82, 2.24) is 9.78 Å². The predicted molar refractivity (Wildman–Crippen MR) is 138 cm³/mol. The molecule has 188 valence electrons. The summed E-state index contributed by atoms with van der Waals surface area (Å²) >= 11 is 6.34. The topological polar surface area (TPSA) is 78.8 Å². The molecule has 0 aliphatic carbocycles. The van der Waals surface area contributed by atoms with Crippen molar-refractivity contribution in [3.05, 3.63) is 80.5 Å². The van der Waals surface area contributed by atoms with Crippen LogP contribution in [0.2, 0.25) is 5.02 Å². The van der Waals surface area contributed by atoms with Crippen LogP contribution in [0.25, 0.3) is 11.0 Å². The Morgan fingerprint density at radius 2 is 1.92 bits per heavy atom. The number of benzene rings is 2. The average Bonchev–Trinajstić information content (AvgIpc) is 3.09. The summed E-state index contributed by atoms with van der Waals surface area (Å²) in [5.74, 6) is 1.25. The molecule has 0 N–H and O–H groups in total. The molecule has 0 amide bonds. The zero-order valence-electron chi connectivity index (χ0n) is 20.4. The summed E-state index contributed by atoms with van der Waals surface area (Å²) in [7, 11) is 1.79. The van der Waals surface area contributed by atoms with Gasteiger partial charge in [-0.2, -0.15) is 5.10 Å². The molecule has 2 heterocycles. The van der Waals surface area contributed by atoms with E-state index in [1.807, 2.05) is 13.8 Å². The lowest BCUT2D eigenvalue weighted by atomic mass is 10.1. The number of hydrogen-bond donors (Lipinski definition) is 0. The summed E-state index contributed by atoms with van der Waals surface area (Å²) in [4.78, 5) is 16.2.